The van der Waals surface area contributed by atoms with E-state index in [4.69, 9.17) is 0 Å². The summed E-state index contributed by atoms with van der Waals surface area (Å²) < 4.78 is 1.83. The van der Waals surface area contributed by atoms with Crippen LogP contribution in [-0.2, 0) is 6.54 Å². The molecule has 0 aliphatic rings. The van der Waals surface area contributed by atoms with E-state index in [-0.39, 0.29) is 5.91 Å². The molecule has 0 radical (unpaired) electrons. The normalized spacial score (nSPS) is 10.6. The van der Waals surface area contributed by atoms with Crippen LogP contribution in [0.15, 0.2) is 54.9 Å². The summed E-state index contributed by atoms with van der Waals surface area (Å²) in [5.41, 5.74) is 5.92. The molecule has 1 aromatic heterocycles. The second-order valence-corrected chi connectivity index (χ2v) is 6.19. The largest absolute Gasteiger partial charge is 0.319 e. The Kier molecular flexibility index (Phi) is 4.47. The van der Waals surface area contributed by atoms with Gasteiger partial charge in [-0.15, -0.1) is 0 Å². The lowest BCUT2D eigenvalue weighted by Crippen LogP contribution is -2.13. The number of amides is 1. The summed E-state index contributed by atoms with van der Waals surface area (Å²) in [6, 6.07) is 14.1. The van der Waals surface area contributed by atoms with E-state index in [0.29, 0.717) is 17.8 Å². The minimum atomic E-state index is -0.109. The maximum absolute atomic E-state index is 12.4. The molecule has 4 nitrogen and oxygen atoms in total. The predicted octanol–water partition coefficient (Wildman–Crippen LogP) is 4.11. The summed E-state index contributed by atoms with van der Waals surface area (Å²) >= 11 is 0. The molecule has 24 heavy (non-hydrogen) atoms. The van der Waals surface area contributed by atoms with Crippen LogP contribution < -0.4 is 5.32 Å². The van der Waals surface area contributed by atoms with Crippen LogP contribution in [0.25, 0.3) is 0 Å². The molecule has 0 aliphatic carbocycles. The van der Waals surface area contributed by atoms with Crippen LogP contribution in [0.3, 0.4) is 0 Å². The molecule has 0 saturated carbocycles. The van der Waals surface area contributed by atoms with Gasteiger partial charge in [-0.2, -0.15) is 5.10 Å². The zero-order valence-corrected chi connectivity index (χ0v) is 14.2. The van der Waals surface area contributed by atoms with Gasteiger partial charge in [0.2, 0.25) is 0 Å². The summed E-state index contributed by atoms with van der Waals surface area (Å²) in [6.45, 7) is 6.72. The first-order valence-electron chi connectivity index (χ1n) is 7.98. The quantitative estimate of drug-likeness (QED) is 0.786. The van der Waals surface area contributed by atoms with Crippen molar-refractivity contribution in [3.8, 4) is 0 Å². The molecule has 1 amide bonds. The highest BCUT2D eigenvalue weighted by Crippen LogP contribution is 2.14. The van der Waals surface area contributed by atoms with Gasteiger partial charge < -0.3 is 5.32 Å². The van der Waals surface area contributed by atoms with Crippen molar-refractivity contribution >= 4 is 11.6 Å². The number of hydrogen-bond donors (Lipinski definition) is 1. The molecule has 0 unspecified atom stereocenters. The van der Waals surface area contributed by atoms with Crippen molar-refractivity contribution in [1.29, 1.82) is 0 Å². The van der Waals surface area contributed by atoms with Crippen molar-refractivity contribution in [2.24, 2.45) is 0 Å². The van der Waals surface area contributed by atoms with Gasteiger partial charge in [0.05, 0.1) is 18.4 Å². The Morgan fingerprint density at radius 2 is 1.88 bits per heavy atom. The van der Waals surface area contributed by atoms with Crippen LogP contribution in [-0.4, -0.2) is 15.7 Å². The first kappa shape index (κ1) is 16.0. The van der Waals surface area contributed by atoms with E-state index < -0.39 is 0 Å². The predicted molar refractivity (Wildman–Crippen MR) is 96.4 cm³/mol. The molecule has 3 aromatic rings. The Morgan fingerprint density at radius 1 is 1.08 bits per heavy atom. The first-order valence-corrected chi connectivity index (χ1v) is 7.98. The van der Waals surface area contributed by atoms with Crippen LogP contribution >= 0.6 is 0 Å². The maximum atomic E-state index is 12.4. The zero-order valence-electron chi connectivity index (χ0n) is 14.2. The fourth-order valence-corrected chi connectivity index (χ4v) is 2.78. The Hall–Kier alpha value is -2.88. The molecule has 0 spiro atoms. The molecule has 0 atom stereocenters. The molecule has 0 saturated heterocycles. The number of nitrogens with zero attached hydrogens (tertiary/aromatic N) is 2. The van der Waals surface area contributed by atoms with Crippen molar-refractivity contribution < 1.29 is 4.79 Å². The molecule has 4 heteroatoms. The minimum Gasteiger partial charge on any atom is -0.319 e. The van der Waals surface area contributed by atoms with E-state index in [1.165, 1.54) is 11.1 Å². The van der Waals surface area contributed by atoms with Crippen molar-refractivity contribution in [2.75, 3.05) is 5.32 Å². The number of nitrogens with one attached hydrogen (secondary N) is 1. The third-order valence-corrected chi connectivity index (χ3v) is 3.94. The van der Waals surface area contributed by atoms with Gasteiger partial charge in [0.15, 0.2) is 0 Å². The van der Waals surface area contributed by atoms with Crippen LogP contribution in [0.5, 0.6) is 0 Å². The van der Waals surface area contributed by atoms with E-state index in [2.05, 4.69) is 35.5 Å². The molecule has 3 rings (SSSR count). The van der Waals surface area contributed by atoms with Gasteiger partial charge in [-0.1, -0.05) is 47.5 Å². The average molecular weight is 319 g/mol. The summed E-state index contributed by atoms with van der Waals surface area (Å²) in [6.07, 6.45) is 3.53. The lowest BCUT2D eigenvalue weighted by molar-refractivity contribution is 0.102. The third-order valence-electron chi connectivity index (χ3n) is 3.94. The number of rotatable bonds is 4. The second kappa shape index (κ2) is 6.71. The highest BCUT2D eigenvalue weighted by atomic mass is 16.1. The number of benzene rings is 2. The van der Waals surface area contributed by atoms with Crippen molar-refractivity contribution in [1.82, 2.24) is 9.78 Å². The van der Waals surface area contributed by atoms with Crippen LogP contribution in [0.4, 0.5) is 5.69 Å². The standard InChI is InChI=1S/C20H21N3O/c1-14-5-4-6-17(10-14)12-23-13-18(11-21-23)22-20(24)19-8-7-15(2)9-16(19)3/h4-11,13H,12H2,1-3H3,(H,22,24). The van der Waals surface area contributed by atoms with Gasteiger partial charge in [-0.3, -0.25) is 9.48 Å². The molecule has 122 valence electrons. The third kappa shape index (κ3) is 3.71. The van der Waals surface area contributed by atoms with Crippen molar-refractivity contribution in [2.45, 2.75) is 27.3 Å². The molecule has 1 N–H and O–H groups in total. The monoisotopic (exact) mass is 319 g/mol. The summed E-state index contributed by atoms with van der Waals surface area (Å²) in [7, 11) is 0. The minimum absolute atomic E-state index is 0.109. The van der Waals surface area contributed by atoms with Gasteiger partial charge in [-0.05, 0) is 38.0 Å². The number of hydrogen-bond acceptors (Lipinski definition) is 2. The highest BCUT2D eigenvalue weighted by Gasteiger charge is 2.10. The lowest BCUT2D eigenvalue weighted by Gasteiger charge is -2.07. The van der Waals surface area contributed by atoms with Crippen LogP contribution in [0, 0.1) is 20.8 Å². The van der Waals surface area contributed by atoms with Crippen molar-refractivity contribution in [3.63, 3.8) is 0 Å². The SMILES string of the molecule is Cc1cccc(Cn2cc(NC(=O)c3ccc(C)cc3C)cn2)c1. The van der Waals surface area contributed by atoms with E-state index >= 15 is 0 Å². The van der Waals surface area contributed by atoms with Crippen molar-refractivity contribution in [3.05, 3.63) is 82.7 Å². The van der Waals surface area contributed by atoms with Crippen LogP contribution in [0.2, 0.25) is 0 Å². The summed E-state index contributed by atoms with van der Waals surface area (Å²) in [4.78, 5) is 12.4. The Bertz CT molecular complexity index is 880. The maximum Gasteiger partial charge on any atom is 0.256 e. The second-order valence-electron chi connectivity index (χ2n) is 6.19. The Balaban J connectivity index is 1.70. The molecule has 0 aliphatic heterocycles. The molecular formula is C20H21N3O. The fraction of sp³-hybridized carbons (Fsp3) is 0.200. The Morgan fingerprint density at radius 3 is 2.62 bits per heavy atom. The first-order chi connectivity index (χ1) is 11.5. The fourth-order valence-electron chi connectivity index (χ4n) is 2.78. The van der Waals surface area contributed by atoms with E-state index in [0.717, 1.165) is 11.1 Å². The molecule has 0 bridgehead atoms. The van der Waals surface area contributed by atoms with Gasteiger partial charge in [0, 0.05) is 11.8 Å². The van der Waals surface area contributed by atoms with E-state index in [1.54, 1.807) is 6.20 Å². The van der Waals surface area contributed by atoms with E-state index in [1.807, 2.05) is 49.0 Å². The zero-order chi connectivity index (χ0) is 17.1. The molecular weight excluding hydrogens is 298 g/mol. The summed E-state index contributed by atoms with van der Waals surface area (Å²) in [5.74, 6) is -0.109. The Labute approximate surface area is 142 Å². The highest BCUT2D eigenvalue weighted by molar-refractivity contribution is 6.05. The average Bonchev–Trinajstić information content (AvgIpc) is 2.94. The number of carbonyl (C=O) groups excluding carboxylic acids is 1. The summed E-state index contributed by atoms with van der Waals surface area (Å²) in [5, 5.41) is 7.24. The number of aryl methyl sites for hydroxylation is 3. The van der Waals surface area contributed by atoms with Gasteiger partial charge in [0.25, 0.3) is 5.91 Å². The molecule has 1 heterocycles. The number of carbonyl (C=O) groups is 1. The van der Waals surface area contributed by atoms with Gasteiger partial charge in [0.1, 0.15) is 0 Å². The van der Waals surface area contributed by atoms with Gasteiger partial charge in [-0.25, -0.2) is 0 Å². The topological polar surface area (TPSA) is 46.9 Å². The molecule has 0 fully saturated rings. The van der Waals surface area contributed by atoms with Gasteiger partial charge >= 0.3 is 0 Å². The number of anilines is 1. The van der Waals surface area contributed by atoms with Crippen LogP contribution in [0.1, 0.15) is 32.6 Å². The smallest absolute Gasteiger partial charge is 0.256 e. The lowest BCUT2D eigenvalue weighted by atomic mass is 10.1. The van der Waals surface area contributed by atoms with E-state index in [9.17, 15) is 4.79 Å². The molecule has 2 aromatic carbocycles. The number of aromatic nitrogens is 2.